The van der Waals surface area contributed by atoms with Gasteiger partial charge < -0.3 is 9.47 Å². The van der Waals surface area contributed by atoms with Crippen LogP contribution in [0.15, 0.2) is 54.6 Å². The number of carbonyl (C=O) groups is 2. The topological polar surface area (TPSA) is 52.6 Å². The molecule has 0 aliphatic heterocycles. The van der Waals surface area contributed by atoms with Gasteiger partial charge in [0.2, 0.25) is 0 Å². The Bertz CT molecular complexity index is 837. The van der Waals surface area contributed by atoms with E-state index in [1.54, 1.807) is 48.5 Å². The van der Waals surface area contributed by atoms with Gasteiger partial charge >= 0.3 is 5.97 Å². The Balaban J connectivity index is 1.66. The average molecular weight is 487 g/mol. The molecule has 2 aromatic rings. The molecule has 0 saturated carbocycles. The van der Waals surface area contributed by atoms with Gasteiger partial charge in [-0.05, 0) is 30.7 Å². The summed E-state index contributed by atoms with van der Waals surface area (Å²) in [5.41, 5.74) is 0.298. The molecule has 0 aromatic heterocycles. The van der Waals surface area contributed by atoms with Crippen molar-refractivity contribution in [2.24, 2.45) is 0 Å². The predicted octanol–water partition coefficient (Wildman–Crippen LogP) is 8.16. The van der Waals surface area contributed by atoms with Crippen LogP contribution in [-0.2, 0) is 4.79 Å². The molecule has 0 N–H and O–H groups in total. The monoisotopic (exact) mass is 486 g/mol. The number of carbonyl (C=O) groups excluding carboxylic acids is 2. The number of ketones is 1. The summed E-state index contributed by atoms with van der Waals surface area (Å²) in [5, 5.41) is -1.43. The van der Waals surface area contributed by atoms with Gasteiger partial charge in [0, 0.05) is 0 Å². The number of halogens is 1. The van der Waals surface area contributed by atoms with Crippen molar-refractivity contribution in [1.82, 2.24) is 0 Å². The van der Waals surface area contributed by atoms with E-state index in [0.29, 0.717) is 23.7 Å². The average Bonchev–Trinajstić information content (AvgIpc) is 2.86. The third-order valence-corrected chi connectivity index (χ3v) is 6.18. The van der Waals surface area contributed by atoms with Gasteiger partial charge in [0.1, 0.15) is 11.5 Å². The number of alkyl halides is 1. The molecule has 0 aliphatic rings. The van der Waals surface area contributed by atoms with E-state index in [4.69, 9.17) is 21.1 Å². The molecule has 186 valence electrons. The number of benzene rings is 2. The number of Topliss-reactive ketones (excluding diaryl/α,β-unsaturated/α-hetero) is 1. The first-order valence-electron chi connectivity index (χ1n) is 12.8. The SMILES string of the molecule is CCCCCCCCCCCCCCOc1ccccc1C(=O)C(Cl)C(=O)Oc1ccccc1. The molecular weight excluding hydrogens is 448 g/mol. The lowest BCUT2D eigenvalue weighted by atomic mass is 10.1. The van der Waals surface area contributed by atoms with Gasteiger partial charge in [0.05, 0.1) is 12.2 Å². The van der Waals surface area contributed by atoms with Crippen molar-refractivity contribution in [3.8, 4) is 11.5 Å². The van der Waals surface area contributed by atoms with Crippen LogP contribution in [0.25, 0.3) is 0 Å². The Morgan fingerprint density at radius 1 is 0.735 bits per heavy atom. The van der Waals surface area contributed by atoms with Crippen LogP contribution in [-0.4, -0.2) is 23.7 Å². The standard InChI is InChI=1S/C29H39ClO4/c1-2-3-4-5-6-7-8-9-10-11-12-18-23-33-26-22-17-16-21-25(26)28(31)27(30)29(32)34-24-19-14-13-15-20-24/h13-17,19-22,27H,2-12,18,23H2,1H3. The third-order valence-electron chi connectivity index (χ3n) is 5.81. The fourth-order valence-corrected chi connectivity index (χ4v) is 3.98. The van der Waals surface area contributed by atoms with Crippen molar-refractivity contribution < 1.29 is 19.1 Å². The van der Waals surface area contributed by atoms with Crippen LogP contribution in [0.1, 0.15) is 94.3 Å². The molecule has 34 heavy (non-hydrogen) atoms. The lowest BCUT2D eigenvalue weighted by molar-refractivity contribution is -0.133. The Morgan fingerprint density at radius 3 is 1.88 bits per heavy atom. The second-order valence-electron chi connectivity index (χ2n) is 8.69. The summed E-state index contributed by atoms with van der Waals surface area (Å²) in [4.78, 5) is 25.1. The summed E-state index contributed by atoms with van der Waals surface area (Å²) in [6, 6.07) is 15.5. The van der Waals surface area contributed by atoms with Gasteiger partial charge in [-0.3, -0.25) is 4.79 Å². The quantitative estimate of drug-likeness (QED) is 0.0532. The summed E-state index contributed by atoms with van der Waals surface area (Å²) in [6.07, 6.45) is 15.3. The molecule has 0 radical (unpaired) electrons. The van der Waals surface area contributed by atoms with Crippen molar-refractivity contribution in [3.05, 3.63) is 60.2 Å². The number of ether oxygens (including phenoxy) is 2. The fraction of sp³-hybridized carbons (Fsp3) is 0.517. The van der Waals surface area contributed by atoms with E-state index in [-0.39, 0.29) is 0 Å². The molecular formula is C29H39ClO4. The maximum absolute atomic E-state index is 12.8. The van der Waals surface area contributed by atoms with Gasteiger partial charge in [-0.1, -0.05) is 108 Å². The summed E-state index contributed by atoms with van der Waals surface area (Å²) in [5.74, 6) is -0.516. The van der Waals surface area contributed by atoms with E-state index < -0.39 is 17.1 Å². The zero-order valence-electron chi connectivity index (χ0n) is 20.5. The molecule has 1 atom stereocenters. The van der Waals surface area contributed by atoms with Crippen molar-refractivity contribution in [3.63, 3.8) is 0 Å². The van der Waals surface area contributed by atoms with E-state index in [1.165, 1.54) is 64.2 Å². The minimum absolute atomic E-state index is 0.298. The maximum Gasteiger partial charge on any atom is 0.337 e. The van der Waals surface area contributed by atoms with Crippen LogP contribution < -0.4 is 9.47 Å². The van der Waals surface area contributed by atoms with Crippen LogP contribution in [0, 0.1) is 0 Å². The molecule has 2 aromatic carbocycles. The van der Waals surface area contributed by atoms with E-state index in [1.807, 2.05) is 6.07 Å². The Morgan fingerprint density at radius 2 is 1.26 bits per heavy atom. The Hall–Kier alpha value is -2.33. The van der Waals surface area contributed by atoms with E-state index in [2.05, 4.69) is 6.92 Å². The zero-order chi connectivity index (χ0) is 24.4. The predicted molar refractivity (Wildman–Crippen MR) is 139 cm³/mol. The van der Waals surface area contributed by atoms with Gasteiger partial charge in [-0.15, -0.1) is 11.6 Å². The Kier molecular flexibility index (Phi) is 14.1. The smallest absolute Gasteiger partial charge is 0.337 e. The molecule has 0 amide bonds. The first-order valence-corrected chi connectivity index (χ1v) is 13.2. The highest BCUT2D eigenvalue weighted by atomic mass is 35.5. The number of hydrogen-bond donors (Lipinski definition) is 0. The molecule has 2 rings (SSSR count). The van der Waals surface area contributed by atoms with Crippen LogP contribution in [0.4, 0.5) is 0 Å². The minimum Gasteiger partial charge on any atom is -0.493 e. The van der Waals surface area contributed by atoms with Crippen molar-refractivity contribution >= 4 is 23.4 Å². The number of unbranched alkanes of at least 4 members (excludes halogenated alkanes) is 11. The molecule has 0 spiro atoms. The Labute approximate surface area is 210 Å². The molecule has 0 saturated heterocycles. The largest absolute Gasteiger partial charge is 0.493 e. The van der Waals surface area contributed by atoms with E-state index in [9.17, 15) is 9.59 Å². The van der Waals surface area contributed by atoms with Crippen molar-refractivity contribution in [2.45, 2.75) is 89.4 Å². The molecule has 0 aliphatic carbocycles. The minimum atomic E-state index is -1.43. The maximum atomic E-state index is 12.8. The highest BCUT2D eigenvalue weighted by Crippen LogP contribution is 2.23. The second kappa shape index (κ2) is 17.2. The van der Waals surface area contributed by atoms with E-state index in [0.717, 1.165) is 12.8 Å². The van der Waals surface area contributed by atoms with Crippen molar-refractivity contribution in [1.29, 1.82) is 0 Å². The summed E-state index contributed by atoms with van der Waals surface area (Å²) in [7, 11) is 0. The van der Waals surface area contributed by atoms with Crippen LogP contribution >= 0.6 is 11.6 Å². The number of rotatable bonds is 18. The lowest BCUT2D eigenvalue weighted by Crippen LogP contribution is -2.29. The molecule has 5 heteroatoms. The van der Waals surface area contributed by atoms with Crippen LogP contribution in [0.2, 0.25) is 0 Å². The fourth-order valence-electron chi connectivity index (χ4n) is 3.82. The normalized spacial score (nSPS) is 11.7. The second-order valence-corrected chi connectivity index (χ2v) is 9.13. The number of esters is 1. The highest BCUT2D eigenvalue weighted by molar-refractivity contribution is 6.43. The van der Waals surface area contributed by atoms with Crippen LogP contribution in [0.5, 0.6) is 11.5 Å². The first kappa shape index (κ1) is 27.9. The first-order chi connectivity index (χ1) is 16.6. The molecule has 0 fully saturated rings. The summed E-state index contributed by atoms with van der Waals surface area (Å²) >= 11 is 6.14. The third kappa shape index (κ3) is 10.7. The summed E-state index contributed by atoms with van der Waals surface area (Å²) in [6.45, 7) is 2.79. The summed E-state index contributed by atoms with van der Waals surface area (Å²) < 4.78 is 11.1. The van der Waals surface area contributed by atoms with Crippen molar-refractivity contribution in [2.75, 3.05) is 6.61 Å². The van der Waals surface area contributed by atoms with Crippen LogP contribution in [0.3, 0.4) is 0 Å². The molecule has 0 heterocycles. The number of para-hydroxylation sites is 2. The molecule has 1 unspecified atom stereocenters. The van der Waals surface area contributed by atoms with Gasteiger partial charge in [-0.25, -0.2) is 4.79 Å². The highest BCUT2D eigenvalue weighted by Gasteiger charge is 2.29. The molecule has 4 nitrogen and oxygen atoms in total. The van der Waals surface area contributed by atoms with E-state index >= 15 is 0 Å². The van der Waals surface area contributed by atoms with Gasteiger partial charge in [-0.2, -0.15) is 0 Å². The lowest BCUT2D eigenvalue weighted by Gasteiger charge is -2.13. The zero-order valence-corrected chi connectivity index (χ0v) is 21.2. The number of hydrogen-bond acceptors (Lipinski definition) is 4. The van der Waals surface area contributed by atoms with Gasteiger partial charge in [0.15, 0.2) is 11.2 Å². The molecule has 0 bridgehead atoms. The van der Waals surface area contributed by atoms with Gasteiger partial charge in [0.25, 0.3) is 0 Å².